The molecule has 3 rings (SSSR count). The third-order valence-electron chi connectivity index (χ3n) is 5.35. The number of amides is 2. The monoisotopic (exact) mass is 461 g/mol. The van der Waals surface area contributed by atoms with E-state index in [1.807, 2.05) is 0 Å². The number of carbonyl (C=O) groups is 2. The number of halogens is 2. The maximum Gasteiger partial charge on any atom is 0.280 e. The van der Waals surface area contributed by atoms with Crippen LogP contribution in [-0.2, 0) is 0 Å². The van der Waals surface area contributed by atoms with Gasteiger partial charge in [0.15, 0.2) is 5.96 Å². The Kier molecular flexibility index (Phi) is 7.54. The van der Waals surface area contributed by atoms with Crippen LogP contribution in [0.4, 0.5) is 0 Å². The average Bonchev–Trinajstić information content (AvgIpc) is 3.13. The Hall–Kier alpha value is -2.61. The Morgan fingerprint density at radius 1 is 1.16 bits per heavy atom. The fourth-order valence-corrected chi connectivity index (χ4v) is 4.14. The van der Waals surface area contributed by atoms with Crippen molar-refractivity contribution in [2.75, 3.05) is 20.1 Å². The lowest BCUT2D eigenvalue weighted by Crippen LogP contribution is -2.31. The van der Waals surface area contributed by atoms with E-state index >= 15 is 0 Å². The maximum atomic E-state index is 12.9. The van der Waals surface area contributed by atoms with Gasteiger partial charge in [-0.3, -0.25) is 9.59 Å². The molecule has 1 aliphatic rings. The van der Waals surface area contributed by atoms with Crippen LogP contribution in [-0.4, -0.2) is 48.9 Å². The lowest BCUT2D eigenvalue weighted by atomic mass is 9.98. The summed E-state index contributed by atoms with van der Waals surface area (Å²) in [5.74, 6) is -1.30. The first-order valence-electron chi connectivity index (χ1n) is 9.97. The number of hydrogen-bond acceptors (Lipinski definition) is 3. The summed E-state index contributed by atoms with van der Waals surface area (Å²) in [6.07, 6.45) is 3.17. The summed E-state index contributed by atoms with van der Waals surface area (Å²) < 4.78 is 0. The largest absolute Gasteiger partial charge is 0.370 e. The fraction of sp³-hybridized carbons (Fsp3) is 0.318. The second kappa shape index (κ2) is 10.1. The number of aliphatic imine (C=N–C) groups is 1. The highest BCUT2D eigenvalue weighted by atomic mass is 35.5. The number of nitrogens with two attached hydrogens (primary N) is 2. The van der Waals surface area contributed by atoms with E-state index < -0.39 is 5.91 Å². The van der Waals surface area contributed by atoms with Gasteiger partial charge in [-0.25, -0.2) is 0 Å². The Bertz CT molecular complexity index is 1020. The third kappa shape index (κ3) is 5.97. The highest BCUT2D eigenvalue weighted by Gasteiger charge is 2.21. The Morgan fingerprint density at radius 3 is 2.58 bits per heavy atom. The lowest BCUT2D eigenvalue weighted by Gasteiger charge is -2.19. The van der Waals surface area contributed by atoms with Crippen molar-refractivity contribution in [3.63, 3.8) is 0 Å². The van der Waals surface area contributed by atoms with Gasteiger partial charge in [-0.2, -0.15) is 4.99 Å². The van der Waals surface area contributed by atoms with E-state index in [1.165, 1.54) is 12.5 Å². The highest BCUT2D eigenvalue weighted by Crippen LogP contribution is 2.32. The van der Waals surface area contributed by atoms with Crippen LogP contribution in [0.2, 0.25) is 10.0 Å². The molecule has 7 nitrogen and oxygen atoms in total. The molecule has 9 heteroatoms. The van der Waals surface area contributed by atoms with Gasteiger partial charge >= 0.3 is 0 Å². The highest BCUT2D eigenvalue weighted by molar-refractivity contribution is 6.35. The molecule has 1 fully saturated rings. The van der Waals surface area contributed by atoms with E-state index in [4.69, 9.17) is 34.7 Å². The van der Waals surface area contributed by atoms with Crippen molar-refractivity contribution < 1.29 is 9.59 Å². The molecule has 0 aliphatic carbocycles. The van der Waals surface area contributed by atoms with Gasteiger partial charge in [0.1, 0.15) is 0 Å². The normalized spacial score (nSPS) is 16.2. The third-order valence-corrected chi connectivity index (χ3v) is 5.91. The number of carbonyl (C=O) groups excluding carboxylic acids is 2. The van der Waals surface area contributed by atoms with E-state index in [9.17, 15) is 9.59 Å². The van der Waals surface area contributed by atoms with Crippen LogP contribution >= 0.6 is 23.2 Å². The van der Waals surface area contributed by atoms with Crippen molar-refractivity contribution >= 4 is 41.0 Å². The van der Waals surface area contributed by atoms with Gasteiger partial charge in [-0.15, -0.1) is 0 Å². The first-order valence-corrected chi connectivity index (χ1v) is 10.7. The fourth-order valence-electron chi connectivity index (χ4n) is 3.74. The molecule has 2 amide bonds. The molecule has 1 saturated heterocycles. The second-order valence-corrected chi connectivity index (χ2v) is 8.43. The second-order valence-electron chi connectivity index (χ2n) is 7.59. The number of nitrogens with one attached hydrogen (secondary N) is 1. The number of benzene rings is 2. The van der Waals surface area contributed by atoms with Crippen molar-refractivity contribution in [2.24, 2.45) is 16.5 Å². The summed E-state index contributed by atoms with van der Waals surface area (Å²) in [4.78, 5) is 31.2. The summed E-state index contributed by atoms with van der Waals surface area (Å²) in [7, 11) is 2.10. The molecule has 0 aromatic heterocycles. The predicted molar refractivity (Wildman–Crippen MR) is 125 cm³/mol. The van der Waals surface area contributed by atoms with Crippen LogP contribution in [0, 0.1) is 0 Å². The van der Waals surface area contributed by atoms with Crippen LogP contribution in [0.25, 0.3) is 11.1 Å². The molecule has 1 aliphatic heterocycles. The molecule has 0 saturated carbocycles. The first kappa shape index (κ1) is 23.1. The molecule has 2 aromatic rings. The Labute approximate surface area is 191 Å². The molecular weight excluding hydrogens is 437 g/mol. The summed E-state index contributed by atoms with van der Waals surface area (Å²) in [5, 5.41) is 3.85. The van der Waals surface area contributed by atoms with Crippen molar-refractivity contribution in [3.05, 3.63) is 57.6 Å². The van der Waals surface area contributed by atoms with E-state index in [0.29, 0.717) is 39.3 Å². The van der Waals surface area contributed by atoms with Gasteiger partial charge in [0.2, 0.25) is 0 Å². The maximum absolute atomic E-state index is 12.9. The molecule has 0 spiro atoms. The first-order chi connectivity index (χ1) is 14.7. The van der Waals surface area contributed by atoms with E-state index in [0.717, 1.165) is 19.4 Å². The van der Waals surface area contributed by atoms with Crippen LogP contribution in [0.1, 0.15) is 40.0 Å². The summed E-state index contributed by atoms with van der Waals surface area (Å²) in [6.45, 7) is 1.62. The number of hydrogen-bond donors (Lipinski definition) is 3. The number of likely N-dealkylation sites (tertiary alicyclic amines) is 1. The van der Waals surface area contributed by atoms with Crippen LogP contribution in [0.15, 0.2) is 41.4 Å². The van der Waals surface area contributed by atoms with Gasteiger partial charge in [-0.05, 0) is 74.8 Å². The Balaban J connectivity index is 1.89. The topological polar surface area (TPSA) is 114 Å². The van der Waals surface area contributed by atoms with E-state index in [1.54, 1.807) is 30.3 Å². The van der Waals surface area contributed by atoms with Gasteiger partial charge in [0.25, 0.3) is 11.8 Å². The summed E-state index contributed by atoms with van der Waals surface area (Å²) >= 11 is 12.5. The molecule has 1 heterocycles. The van der Waals surface area contributed by atoms with Crippen molar-refractivity contribution in [3.8, 4) is 11.1 Å². The standard InChI is InChI=1S/C22H25Cl2N5O2/c1-29-8-2-3-17(29)6-7-27-20(30)14-9-13(18-12-16(23)4-5-19(18)24)10-15(11-14)21(31)28-22(25)26/h4-5,9-12,17H,2-3,6-8H2,1H3,(H,27,30)(H4,25,26,28,31). The van der Waals surface area contributed by atoms with Gasteiger partial charge in [-0.1, -0.05) is 23.2 Å². The number of guanidine groups is 1. The zero-order valence-electron chi connectivity index (χ0n) is 17.2. The molecule has 31 heavy (non-hydrogen) atoms. The van der Waals surface area contributed by atoms with E-state index in [-0.39, 0.29) is 17.4 Å². The quantitative estimate of drug-likeness (QED) is 0.450. The van der Waals surface area contributed by atoms with Crippen molar-refractivity contribution in [2.45, 2.75) is 25.3 Å². The minimum absolute atomic E-state index is 0.169. The van der Waals surface area contributed by atoms with Gasteiger partial charge in [0.05, 0.1) is 0 Å². The lowest BCUT2D eigenvalue weighted by molar-refractivity contribution is 0.0950. The zero-order chi connectivity index (χ0) is 22.5. The number of rotatable bonds is 6. The molecular formula is C22H25Cl2N5O2. The van der Waals surface area contributed by atoms with Crippen LogP contribution < -0.4 is 16.8 Å². The Morgan fingerprint density at radius 2 is 1.90 bits per heavy atom. The molecule has 2 aromatic carbocycles. The van der Waals surface area contributed by atoms with E-state index in [2.05, 4.69) is 22.3 Å². The van der Waals surface area contributed by atoms with Crippen LogP contribution in [0.3, 0.4) is 0 Å². The SMILES string of the molecule is CN1CCCC1CCNC(=O)c1cc(C(=O)N=C(N)N)cc(-c2cc(Cl)ccc2Cl)c1. The van der Waals surface area contributed by atoms with Crippen molar-refractivity contribution in [1.82, 2.24) is 10.2 Å². The van der Waals surface area contributed by atoms with Crippen LogP contribution in [0.5, 0.6) is 0 Å². The van der Waals surface area contributed by atoms with Crippen molar-refractivity contribution in [1.29, 1.82) is 0 Å². The molecule has 5 N–H and O–H groups in total. The van der Waals surface area contributed by atoms with Gasteiger partial charge in [0, 0.05) is 39.3 Å². The molecule has 164 valence electrons. The van der Waals surface area contributed by atoms with Gasteiger partial charge < -0.3 is 21.7 Å². The smallest absolute Gasteiger partial charge is 0.280 e. The number of nitrogens with zero attached hydrogens (tertiary/aromatic N) is 2. The molecule has 1 unspecified atom stereocenters. The average molecular weight is 462 g/mol. The minimum Gasteiger partial charge on any atom is -0.370 e. The molecule has 0 radical (unpaired) electrons. The summed E-state index contributed by atoms with van der Waals surface area (Å²) in [5.41, 5.74) is 12.3. The predicted octanol–water partition coefficient (Wildman–Crippen LogP) is 3.29. The summed E-state index contributed by atoms with van der Waals surface area (Å²) in [6, 6.07) is 10.2. The zero-order valence-corrected chi connectivity index (χ0v) is 18.7. The molecule has 0 bridgehead atoms. The minimum atomic E-state index is -0.651. The molecule has 1 atom stereocenters.